The molecule has 7 heteroatoms. The summed E-state index contributed by atoms with van der Waals surface area (Å²) in [6.07, 6.45) is 1.55. The van der Waals surface area contributed by atoms with E-state index >= 15 is 0 Å². The normalized spacial score (nSPS) is 10.7. The summed E-state index contributed by atoms with van der Waals surface area (Å²) in [6.45, 7) is 3.88. The van der Waals surface area contributed by atoms with Crippen molar-refractivity contribution >= 4 is 23.1 Å². The molecule has 3 rings (SSSR count). The molecule has 26 heavy (non-hydrogen) atoms. The molecule has 0 amide bonds. The Hall–Kier alpha value is -3.22. The van der Waals surface area contributed by atoms with Crippen molar-refractivity contribution in [2.45, 2.75) is 20.0 Å². The zero-order valence-corrected chi connectivity index (χ0v) is 14.3. The molecule has 134 valence electrons. The van der Waals surface area contributed by atoms with Crippen LogP contribution in [0.15, 0.2) is 54.7 Å². The van der Waals surface area contributed by atoms with E-state index < -0.39 is 11.6 Å². The number of nitrogens with one attached hydrogen (secondary N) is 2. The lowest BCUT2D eigenvalue weighted by Gasteiger charge is -2.15. The number of halogens is 2. The fourth-order valence-corrected chi connectivity index (χ4v) is 2.26. The molecule has 3 aromatic rings. The largest absolute Gasteiger partial charge is 0.489 e. The first-order chi connectivity index (χ1) is 12.5. The van der Waals surface area contributed by atoms with E-state index in [4.69, 9.17) is 4.74 Å². The van der Waals surface area contributed by atoms with Gasteiger partial charge in [0.15, 0.2) is 0 Å². The van der Waals surface area contributed by atoms with E-state index in [0.717, 1.165) is 6.07 Å². The van der Waals surface area contributed by atoms with Crippen LogP contribution in [-0.2, 0) is 0 Å². The van der Waals surface area contributed by atoms with Crippen molar-refractivity contribution in [1.29, 1.82) is 0 Å². The molecule has 1 heterocycles. The average Bonchev–Trinajstić information content (AvgIpc) is 2.59. The summed E-state index contributed by atoms with van der Waals surface area (Å²) >= 11 is 0. The van der Waals surface area contributed by atoms with Gasteiger partial charge in [-0.05, 0) is 44.2 Å². The van der Waals surface area contributed by atoms with Gasteiger partial charge in [-0.25, -0.2) is 13.8 Å². The van der Waals surface area contributed by atoms with Gasteiger partial charge in [-0.1, -0.05) is 12.1 Å². The quantitative estimate of drug-likeness (QED) is 0.649. The molecule has 0 saturated carbocycles. The van der Waals surface area contributed by atoms with Gasteiger partial charge in [0.1, 0.15) is 23.2 Å². The first-order valence-corrected chi connectivity index (χ1v) is 8.09. The van der Waals surface area contributed by atoms with Gasteiger partial charge in [0, 0.05) is 12.3 Å². The highest BCUT2D eigenvalue weighted by Gasteiger charge is 2.09. The second-order valence-electron chi connectivity index (χ2n) is 5.80. The molecule has 2 N–H and O–H groups in total. The van der Waals surface area contributed by atoms with Crippen LogP contribution >= 0.6 is 0 Å². The molecule has 0 atom stereocenters. The number of nitrogens with zero attached hydrogens (tertiary/aromatic N) is 2. The highest BCUT2D eigenvalue weighted by molar-refractivity contribution is 5.64. The van der Waals surface area contributed by atoms with E-state index in [2.05, 4.69) is 20.6 Å². The predicted octanol–water partition coefficient (Wildman–Crippen LogP) is 5.03. The fourth-order valence-electron chi connectivity index (χ4n) is 2.26. The highest BCUT2D eigenvalue weighted by Crippen LogP contribution is 2.27. The van der Waals surface area contributed by atoms with E-state index in [1.807, 2.05) is 38.1 Å². The van der Waals surface area contributed by atoms with Crippen molar-refractivity contribution in [2.24, 2.45) is 0 Å². The van der Waals surface area contributed by atoms with Crippen LogP contribution in [0.5, 0.6) is 5.75 Å². The van der Waals surface area contributed by atoms with E-state index in [1.165, 1.54) is 18.3 Å². The van der Waals surface area contributed by atoms with Gasteiger partial charge in [0.05, 0.1) is 17.5 Å². The number of ether oxygens (including phenoxy) is 1. The molecule has 0 saturated heterocycles. The van der Waals surface area contributed by atoms with Crippen LogP contribution in [0.3, 0.4) is 0 Å². The Morgan fingerprint density at radius 3 is 2.54 bits per heavy atom. The minimum atomic E-state index is -0.700. The molecule has 1 aromatic heterocycles. The standard InChI is InChI=1S/C19H18F2N4O/c1-12(2)26-17-6-4-3-5-16(17)24-19-22-10-9-18(25-19)23-15-8-7-13(20)11-14(15)21/h3-12H,1-2H3,(H2,22,23,24,25). The van der Waals surface area contributed by atoms with E-state index in [9.17, 15) is 8.78 Å². The molecule has 0 aliphatic heterocycles. The Labute approximate surface area is 150 Å². The molecule has 0 fully saturated rings. The summed E-state index contributed by atoms with van der Waals surface area (Å²) in [5, 5.41) is 5.90. The molecular formula is C19H18F2N4O. The van der Waals surface area contributed by atoms with Crippen molar-refractivity contribution in [2.75, 3.05) is 10.6 Å². The smallest absolute Gasteiger partial charge is 0.229 e. The number of hydrogen-bond donors (Lipinski definition) is 2. The van der Waals surface area contributed by atoms with E-state index in [0.29, 0.717) is 23.2 Å². The molecule has 5 nitrogen and oxygen atoms in total. The van der Waals surface area contributed by atoms with Crippen LogP contribution in [0.4, 0.5) is 31.9 Å². The van der Waals surface area contributed by atoms with Crippen molar-refractivity contribution in [3.05, 3.63) is 66.4 Å². The van der Waals surface area contributed by atoms with Crippen molar-refractivity contribution < 1.29 is 13.5 Å². The minimum Gasteiger partial charge on any atom is -0.489 e. The first-order valence-electron chi connectivity index (χ1n) is 8.09. The van der Waals surface area contributed by atoms with Crippen molar-refractivity contribution in [3.63, 3.8) is 0 Å². The number of rotatable bonds is 6. The van der Waals surface area contributed by atoms with Gasteiger partial charge < -0.3 is 15.4 Å². The van der Waals surface area contributed by atoms with Crippen LogP contribution in [0.1, 0.15) is 13.8 Å². The zero-order valence-electron chi connectivity index (χ0n) is 14.3. The highest BCUT2D eigenvalue weighted by atomic mass is 19.1. The fraction of sp³-hybridized carbons (Fsp3) is 0.158. The summed E-state index contributed by atoms with van der Waals surface area (Å²) in [5.74, 6) is 0.0234. The second-order valence-corrected chi connectivity index (χ2v) is 5.80. The molecule has 0 radical (unpaired) electrons. The van der Waals surface area contributed by atoms with Gasteiger partial charge in [-0.3, -0.25) is 0 Å². The summed E-state index contributed by atoms with van der Waals surface area (Å²) in [4.78, 5) is 8.46. The number of aromatic nitrogens is 2. The maximum atomic E-state index is 13.8. The lowest BCUT2D eigenvalue weighted by Crippen LogP contribution is -2.08. The number of anilines is 4. The zero-order chi connectivity index (χ0) is 18.5. The molecule has 0 unspecified atom stereocenters. The topological polar surface area (TPSA) is 59.1 Å². The molecule has 0 spiro atoms. The molecule has 0 aliphatic rings. The van der Waals surface area contributed by atoms with Crippen LogP contribution in [0, 0.1) is 11.6 Å². The number of para-hydroxylation sites is 2. The summed E-state index contributed by atoms with van der Waals surface area (Å²) < 4.78 is 32.5. The van der Waals surface area contributed by atoms with Gasteiger partial charge in [0.2, 0.25) is 5.95 Å². The van der Waals surface area contributed by atoms with Crippen LogP contribution in [0.2, 0.25) is 0 Å². The van der Waals surface area contributed by atoms with Gasteiger partial charge in [-0.2, -0.15) is 4.98 Å². The minimum absolute atomic E-state index is 0.0216. The van der Waals surface area contributed by atoms with Gasteiger partial charge in [0.25, 0.3) is 0 Å². The number of benzene rings is 2. The average molecular weight is 356 g/mol. The molecular weight excluding hydrogens is 338 g/mol. The Kier molecular flexibility index (Phi) is 5.26. The van der Waals surface area contributed by atoms with Crippen LogP contribution in [0.25, 0.3) is 0 Å². The van der Waals surface area contributed by atoms with E-state index in [1.54, 1.807) is 6.07 Å². The lowest BCUT2D eigenvalue weighted by molar-refractivity contribution is 0.244. The van der Waals surface area contributed by atoms with E-state index in [-0.39, 0.29) is 11.8 Å². The Balaban J connectivity index is 1.80. The third-order valence-electron chi connectivity index (χ3n) is 3.35. The maximum Gasteiger partial charge on any atom is 0.229 e. The van der Waals surface area contributed by atoms with Crippen molar-refractivity contribution in [1.82, 2.24) is 9.97 Å². The number of hydrogen-bond acceptors (Lipinski definition) is 5. The predicted molar refractivity (Wildman–Crippen MR) is 97.2 cm³/mol. The van der Waals surface area contributed by atoms with Crippen LogP contribution in [-0.4, -0.2) is 16.1 Å². The van der Waals surface area contributed by atoms with Gasteiger partial charge >= 0.3 is 0 Å². The first kappa shape index (κ1) is 17.6. The Bertz CT molecular complexity index is 902. The monoisotopic (exact) mass is 356 g/mol. The lowest BCUT2D eigenvalue weighted by atomic mass is 10.3. The maximum absolute atomic E-state index is 13.8. The third kappa shape index (κ3) is 4.44. The summed E-state index contributed by atoms with van der Waals surface area (Å²) in [5.41, 5.74) is 0.839. The molecule has 0 bridgehead atoms. The summed E-state index contributed by atoms with van der Waals surface area (Å²) in [7, 11) is 0. The van der Waals surface area contributed by atoms with Gasteiger partial charge in [-0.15, -0.1) is 0 Å². The SMILES string of the molecule is CC(C)Oc1ccccc1Nc1nccc(Nc2ccc(F)cc2F)n1. The van der Waals surface area contributed by atoms with Crippen LogP contribution < -0.4 is 15.4 Å². The Morgan fingerprint density at radius 2 is 1.77 bits per heavy atom. The second kappa shape index (κ2) is 7.77. The molecule has 2 aromatic carbocycles. The van der Waals surface area contributed by atoms with Crippen molar-refractivity contribution in [3.8, 4) is 5.75 Å². The summed E-state index contributed by atoms with van der Waals surface area (Å²) in [6, 6.07) is 12.3. The molecule has 0 aliphatic carbocycles. The Morgan fingerprint density at radius 1 is 0.962 bits per heavy atom. The third-order valence-corrected chi connectivity index (χ3v) is 3.35.